The highest BCUT2D eigenvalue weighted by Gasteiger charge is 2.32. The third-order valence-electron chi connectivity index (χ3n) is 2.47. The van der Waals surface area contributed by atoms with Gasteiger partial charge in [-0.05, 0) is 19.8 Å². The average Bonchev–Trinajstić information content (AvgIpc) is 3.11. The number of hydrogen-bond donors (Lipinski definition) is 1. The van der Waals surface area contributed by atoms with Crippen molar-refractivity contribution >= 4 is 12.0 Å². The molecule has 0 radical (unpaired) electrons. The molecule has 1 saturated carbocycles. The van der Waals surface area contributed by atoms with Crippen molar-refractivity contribution in [3.8, 4) is 0 Å². The number of nitrogens with zero attached hydrogens (tertiary/aromatic N) is 1. The van der Waals surface area contributed by atoms with Gasteiger partial charge >= 0.3 is 12.0 Å². The molecule has 0 aromatic heterocycles. The number of carbonyl (C=O) groups is 2. The molecule has 1 N–H and O–H groups in total. The van der Waals surface area contributed by atoms with Crippen molar-refractivity contribution in [2.45, 2.75) is 25.8 Å². The second kappa shape index (κ2) is 7.11. The van der Waals surface area contributed by atoms with Crippen molar-refractivity contribution in [3.63, 3.8) is 0 Å². The molecule has 0 atom stereocenters. The van der Waals surface area contributed by atoms with Crippen molar-refractivity contribution in [1.82, 2.24) is 10.2 Å². The molecule has 1 fully saturated rings. The maximum absolute atomic E-state index is 11.8. The highest BCUT2D eigenvalue weighted by atomic mass is 16.5. The number of carbonyl (C=O) groups excluding carboxylic acids is 2. The molecule has 6 nitrogen and oxygen atoms in total. The van der Waals surface area contributed by atoms with E-state index in [1.54, 1.807) is 18.9 Å². The molecule has 0 spiro atoms. The van der Waals surface area contributed by atoms with E-state index in [0.717, 1.165) is 12.8 Å². The lowest BCUT2D eigenvalue weighted by atomic mass is 10.5. The standard InChI is InChI=1S/C11H20N2O4/c1-3-17-10(14)8-12-11(15)13(6-7-16-2)9-4-5-9/h9H,3-8H2,1-2H3,(H,12,15). The maximum Gasteiger partial charge on any atom is 0.325 e. The van der Waals surface area contributed by atoms with Gasteiger partial charge in [-0.15, -0.1) is 0 Å². The first kappa shape index (κ1) is 13.8. The van der Waals surface area contributed by atoms with Gasteiger partial charge in [0.05, 0.1) is 13.2 Å². The fourth-order valence-corrected chi connectivity index (χ4v) is 1.49. The second-order valence-electron chi connectivity index (χ2n) is 3.88. The Balaban J connectivity index is 2.29. The zero-order chi connectivity index (χ0) is 12.7. The van der Waals surface area contributed by atoms with Crippen molar-refractivity contribution in [2.24, 2.45) is 0 Å². The Morgan fingerprint density at radius 3 is 2.65 bits per heavy atom. The van der Waals surface area contributed by atoms with Gasteiger partial charge in [-0.2, -0.15) is 0 Å². The zero-order valence-electron chi connectivity index (χ0n) is 10.4. The molecule has 0 bridgehead atoms. The number of methoxy groups -OCH3 is 1. The molecule has 1 rings (SSSR count). The number of urea groups is 1. The van der Waals surface area contributed by atoms with Gasteiger partial charge in [0.1, 0.15) is 6.54 Å². The lowest BCUT2D eigenvalue weighted by molar-refractivity contribution is -0.141. The van der Waals surface area contributed by atoms with E-state index in [2.05, 4.69) is 5.32 Å². The van der Waals surface area contributed by atoms with E-state index in [4.69, 9.17) is 9.47 Å². The number of nitrogens with one attached hydrogen (secondary N) is 1. The number of ether oxygens (including phenoxy) is 2. The van der Waals surface area contributed by atoms with Gasteiger partial charge in [-0.25, -0.2) is 4.79 Å². The van der Waals surface area contributed by atoms with Crippen LogP contribution in [-0.2, 0) is 14.3 Å². The molecule has 98 valence electrons. The highest BCUT2D eigenvalue weighted by molar-refractivity contribution is 5.81. The van der Waals surface area contributed by atoms with E-state index in [1.807, 2.05) is 0 Å². The van der Waals surface area contributed by atoms with Crippen LogP contribution in [0.1, 0.15) is 19.8 Å². The zero-order valence-corrected chi connectivity index (χ0v) is 10.4. The molecule has 0 aromatic carbocycles. The predicted molar refractivity (Wildman–Crippen MR) is 61.6 cm³/mol. The van der Waals surface area contributed by atoms with Crippen molar-refractivity contribution in [2.75, 3.05) is 33.4 Å². The van der Waals surface area contributed by atoms with Gasteiger partial charge < -0.3 is 19.7 Å². The van der Waals surface area contributed by atoms with Crippen LogP contribution in [0.3, 0.4) is 0 Å². The summed E-state index contributed by atoms with van der Waals surface area (Å²) in [4.78, 5) is 24.6. The summed E-state index contributed by atoms with van der Waals surface area (Å²) in [7, 11) is 1.60. The minimum Gasteiger partial charge on any atom is -0.465 e. The Morgan fingerprint density at radius 1 is 1.41 bits per heavy atom. The van der Waals surface area contributed by atoms with Crippen LogP contribution >= 0.6 is 0 Å². The molecule has 0 heterocycles. The molecular formula is C11H20N2O4. The van der Waals surface area contributed by atoms with Crippen LogP contribution in [0.4, 0.5) is 4.79 Å². The first-order valence-corrected chi connectivity index (χ1v) is 5.88. The Hall–Kier alpha value is -1.30. The summed E-state index contributed by atoms with van der Waals surface area (Å²) in [6.45, 7) is 3.03. The maximum atomic E-state index is 11.8. The van der Waals surface area contributed by atoms with E-state index in [9.17, 15) is 9.59 Å². The van der Waals surface area contributed by atoms with Gasteiger partial charge in [0, 0.05) is 19.7 Å². The molecule has 1 aliphatic rings. The predicted octanol–water partition coefficient (Wildman–Crippen LogP) is 0.370. The monoisotopic (exact) mass is 244 g/mol. The summed E-state index contributed by atoms with van der Waals surface area (Å²) >= 11 is 0. The summed E-state index contributed by atoms with van der Waals surface area (Å²) in [6.07, 6.45) is 2.05. The summed E-state index contributed by atoms with van der Waals surface area (Å²) in [5.74, 6) is -0.414. The number of esters is 1. The first-order chi connectivity index (χ1) is 8.19. The van der Waals surface area contributed by atoms with Gasteiger partial charge in [0.15, 0.2) is 0 Å². The molecule has 17 heavy (non-hydrogen) atoms. The molecule has 1 aliphatic carbocycles. The second-order valence-corrected chi connectivity index (χ2v) is 3.88. The van der Waals surface area contributed by atoms with Crippen LogP contribution in [-0.4, -0.2) is 56.4 Å². The van der Waals surface area contributed by atoms with Crippen LogP contribution in [0.5, 0.6) is 0 Å². The topological polar surface area (TPSA) is 67.9 Å². The molecule has 6 heteroatoms. The van der Waals surface area contributed by atoms with Gasteiger partial charge in [-0.1, -0.05) is 0 Å². The molecular weight excluding hydrogens is 224 g/mol. The van der Waals surface area contributed by atoms with Gasteiger partial charge in [0.2, 0.25) is 0 Å². The Morgan fingerprint density at radius 2 is 2.12 bits per heavy atom. The molecule has 0 aromatic rings. The fraction of sp³-hybridized carbons (Fsp3) is 0.818. The number of amides is 2. The van der Waals surface area contributed by atoms with Crippen LogP contribution < -0.4 is 5.32 Å². The first-order valence-electron chi connectivity index (χ1n) is 5.88. The average molecular weight is 244 g/mol. The third-order valence-corrected chi connectivity index (χ3v) is 2.47. The van der Waals surface area contributed by atoms with E-state index in [0.29, 0.717) is 25.8 Å². The van der Waals surface area contributed by atoms with E-state index in [-0.39, 0.29) is 12.6 Å². The molecule has 0 aliphatic heterocycles. The quantitative estimate of drug-likeness (QED) is 0.657. The van der Waals surface area contributed by atoms with Crippen molar-refractivity contribution in [1.29, 1.82) is 0 Å². The summed E-state index contributed by atoms with van der Waals surface area (Å²) in [5, 5.41) is 2.55. The third kappa shape index (κ3) is 5.04. The largest absolute Gasteiger partial charge is 0.465 e. The highest BCUT2D eigenvalue weighted by Crippen LogP contribution is 2.26. The lowest BCUT2D eigenvalue weighted by Crippen LogP contribution is -2.44. The molecule has 0 unspecified atom stereocenters. The smallest absolute Gasteiger partial charge is 0.325 e. The Bertz CT molecular complexity index is 266. The Labute approximate surface area is 101 Å². The summed E-state index contributed by atoms with van der Waals surface area (Å²) in [6, 6.07) is 0.0740. The van der Waals surface area contributed by atoms with E-state index in [1.165, 1.54) is 0 Å². The van der Waals surface area contributed by atoms with Gasteiger partial charge in [0.25, 0.3) is 0 Å². The van der Waals surface area contributed by atoms with Gasteiger partial charge in [-0.3, -0.25) is 4.79 Å². The Kier molecular flexibility index (Phi) is 5.76. The normalized spacial score (nSPS) is 14.2. The van der Waals surface area contributed by atoms with E-state index >= 15 is 0 Å². The molecule has 2 amide bonds. The summed E-state index contributed by atoms with van der Waals surface area (Å²) in [5.41, 5.74) is 0. The minimum absolute atomic E-state index is 0.0805. The van der Waals surface area contributed by atoms with Crippen molar-refractivity contribution in [3.05, 3.63) is 0 Å². The van der Waals surface area contributed by atoms with Crippen LogP contribution in [0.25, 0.3) is 0 Å². The van der Waals surface area contributed by atoms with E-state index < -0.39 is 5.97 Å². The number of rotatable bonds is 7. The lowest BCUT2D eigenvalue weighted by Gasteiger charge is -2.22. The fourth-order valence-electron chi connectivity index (χ4n) is 1.49. The SMILES string of the molecule is CCOC(=O)CNC(=O)N(CCOC)C1CC1. The van der Waals surface area contributed by atoms with Crippen molar-refractivity contribution < 1.29 is 19.1 Å². The summed E-state index contributed by atoms with van der Waals surface area (Å²) < 4.78 is 9.68. The van der Waals surface area contributed by atoms with Crippen LogP contribution in [0, 0.1) is 0 Å². The number of hydrogen-bond acceptors (Lipinski definition) is 4. The molecule has 0 saturated heterocycles. The van der Waals surface area contributed by atoms with Crippen LogP contribution in [0.2, 0.25) is 0 Å². The van der Waals surface area contributed by atoms with Crippen LogP contribution in [0.15, 0.2) is 0 Å². The minimum atomic E-state index is -0.414.